The number of rotatable bonds is 4. The van der Waals surface area contributed by atoms with Crippen molar-refractivity contribution in [3.63, 3.8) is 0 Å². The first-order chi connectivity index (χ1) is 9.08. The van der Waals surface area contributed by atoms with E-state index < -0.39 is 0 Å². The van der Waals surface area contributed by atoms with Crippen molar-refractivity contribution in [3.8, 4) is 0 Å². The molecule has 1 nitrogen and oxygen atoms in total. The fourth-order valence-corrected chi connectivity index (χ4v) is 3.07. The van der Waals surface area contributed by atoms with Gasteiger partial charge in [-0.3, -0.25) is 0 Å². The normalized spacial score (nSPS) is 12.4. The van der Waals surface area contributed by atoms with Crippen LogP contribution in [0.25, 0.3) is 0 Å². The minimum Gasteiger partial charge on any atom is -0.324 e. The summed E-state index contributed by atoms with van der Waals surface area (Å²) in [5.41, 5.74) is 8.72. The summed E-state index contributed by atoms with van der Waals surface area (Å²) >= 11 is 1.70. The number of hydrogen-bond donors (Lipinski definition) is 1. The van der Waals surface area contributed by atoms with E-state index in [0.29, 0.717) is 5.56 Å². The van der Waals surface area contributed by atoms with Crippen LogP contribution in [0.3, 0.4) is 0 Å². The first-order valence-corrected chi connectivity index (χ1v) is 7.29. The van der Waals surface area contributed by atoms with Gasteiger partial charge in [-0.1, -0.05) is 30.3 Å². The highest BCUT2D eigenvalue weighted by Gasteiger charge is 2.11. The first kappa shape index (κ1) is 14.1. The van der Waals surface area contributed by atoms with Gasteiger partial charge in [-0.15, -0.1) is 11.8 Å². The van der Waals surface area contributed by atoms with Crippen LogP contribution in [0.1, 0.15) is 29.7 Å². The summed E-state index contributed by atoms with van der Waals surface area (Å²) in [4.78, 5) is 1.07. The van der Waals surface area contributed by atoms with E-state index in [0.717, 1.165) is 16.2 Å². The fourth-order valence-electron chi connectivity index (χ4n) is 1.89. The average Bonchev–Trinajstić information content (AvgIpc) is 2.40. The largest absolute Gasteiger partial charge is 0.324 e. The zero-order valence-electron chi connectivity index (χ0n) is 11.2. The Morgan fingerprint density at radius 3 is 2.53 bits per heavy atom. The highest BCUT2D eigenvalue weighted by molar-refractivity contribution is 7.98. The molecule has 0 saturated heterocycles. The molecule has 0 heterocycles. The molecule has 19 heavy (non-hydrogen) atoms. The van der Waals surface area contributed by atoms with Gasteiger partial charge < -0.3 is 5.73 Å². The number of hydrogen-bond acceptors (Lipinski definition) is 2. The SMILES string of the molecule is Cc1cc(SCc2ccccc2)c([C@H](C)N)cc1F. The van der Waals surface area contributed by atoms with Gasteiger partial charge >= 0.3 is 0 Å². The topological polar surface area (TPSA) is 26.0 Å². The van der Waals surface area contributed by atoms with Crippen molar-refractivity contribution in [2.24, 2.45) is 5.73 Å². The molecule has 2 aromatic carbocycles. The molecule has 1 atom stereocenters. The molecule has 0 unspecified atom stereocenters. The van der Waals surface area contributed by atoms with Gasteiger partial charge in [-0.05, 0) is 42.7 Å². The van der Waals surface area contributed by atoms with Crippen molar-refractivity contribution in [2.75, 3.05) is 0 Å². The van der Waals surface area contributed by atoms with Crippen LogP contribution in [0.15, 0.2) is 47.4 Å². The number of nitrogens with two attached hydrogens (primary N) is 1. The maximum Gasteiger partial charge on any atom is 0.126 e. The van der Waals surface area contributed by atoms with Crippen LogP contribution in [0, 0.1) is 12.7 Å². The third-order valence-electron chi connectivity index (χ3n) is 3.02. The van der Waals surface area contributed by atoms with E-state index >= 15 is 0 Å². The number of aryl methyl sites for hydroxylation is 1. The second kappa shape index (κ2) is 6.22. The highest BCUT2D eigenvalue weighted by Crippen LogP contribution is 2.31. The molecule has 0 aliphatic rings. The summed E-state index contributed by atoms with van der Waals surface area (Å²) in [5.74, 6) is 0.683. The Labute approximate surface area is 118 Å². The molecule has 2 N–H and O–H groups in total. The van der Waals surface area contributed by atoms with Gasteiger partial charge in [0, 0.05) is 16.7 Å². The summed E-state index contributed by atoms with van der Waals surface area (Å²) in [6.45, 7) is 3.67. The summed E-state index contributed by atoms with van der Waals surface area (Å²) < 4.78 is 13.6. The molecular weight excluding hydrogens is 257 g/mol. The predicted octanol–water partition coefficient (Wildman–Crippen LogP) is 4.45. The zero-order valence-corrected chi connectivity index (χ0v) is 12.0. The Morgan fingerprint density at radius 2 is 1.89 bits per heavy atom. The molecule has 100 valence electrons. The minimum absolute atomic E-state index is 0.159. The van der Waals surface area contributed by atoms with Crippen LogP contribution < -0.4 is 5.73 Å². The lowest BCUT2D eigenvalue weighted by atomic mass is 10.1. The molecule has 0 aliphatic heterocycles. The van der Waals surface area contributed by atoms with Crippen LogP contribution in [-0.4, -0.2) is 0 Å². The van der Waals surface area contributed by atoms with Crippen molar-refractivity contribution in [1.82, 2.24) is 0 Å². The summed E-state index contributed by atoms with van der Waals surface area (Å²) in [5, 5.41) is 0. The quantitative estimate of drug-likeness (QED) is 0.834. The van der Waals surface area contributed by atoms with E-state index in [1.807, 2.05) is 31.2 Å². The van der Waals surface area contributed by atoms with Crippen molar-refractivity contribution in [2.45, 2.75) is 30.5 Å². The molecule has 0 aliphatic carbocycles. The molecule has 0 radical (unpaired) electrons. The van der Waals surface area contributed by atoms with E-state index in [1.54, 1.807) is 24.8 Å². The van der Waals surface area contributed by atoms with Gasteiger partial charge in [0.25, 0.3) is 0 Å². The molecule has 2 aromatic rings. The lowest BCUT2D eigenvalue weighted by Crippen LogP contribution is -2.07. The predicted molar refractivity (Wildman–Crippen MR) is 79.7 cm³/mol. The molecule has 0 spiro atoms. The Morgan fingerprint density at radius 1 is 1.21 bits per heavy atom. The zero-order chi connectivity index (χ0) is 13.8. The average molecular weight is 275 g/mol. The molecule has 0 amide bonds. The highest BCUT2D eigenvalue weighted by atomic mass is 32.2. The van der Waals surface area contributed by atoms with Crippen LogP contribution in [0.5, 0.6) is 0 Å². The Kier molecular flexibility index (Phi) is 4.61. The standard InChI is InChI=1S/C16H18FNS/c1-11-8-16(14(12(2)18)9-15(11)17)19-10-13-6-4-3-5-7-13/h3-9,12H,10,18H2,1-2H3/t12-/m0/s1. The van der Waals surface area contributed by atoms with Gasteiger partial charge in [-0.25, -0.2) is 4.39 Å². The lowest BCUT2D eigenvalue weighted by molar-refractivity contribution is 0.610. The summed E-state index contributed by atoms with van der Waals surface area (Å²) in [6, 6.07) is 13.5. The maximum absolute atomic E-state index is 13.6. The van der Waals surface area contributed by atoms with Gasteiger partial charge in [-0.2, -0.15) is 0 Å². The molecule has 0 aromatic heterocycles. The van der Waals surface area contributed by atoms with Crippen molar-refractivity contribution in [1.29, 1.82) is 0 Å². The molecule has 0 fully saturated rings. The van der Waals surface area contributed by atoms with E-state index in [4.69, 9.17) is 5.73 Å². The van der Waals surface area contributed by atoms with E-state index in [1.165, 1.54) is 5.56 Å². The molecule has 2 rings (SSSR count). The fraction of sp³-hybridized carbons (Fsp3) is 0.250. The molecule has 0 bridgehead atoms. The Hall–Kier alpha value is -1.32. The van der Waals surface area contributed by atoms with Gasteiger partial charge in [0.15, 0.2) is 0 Å². The minimum atomic E-state index is -0.184. The second-order valence-electron chi connectivity index (χ2n) is 4.70. The van der Waals surface area contributed by atoms with Gasteiger partial charge in [0.1, 0.15) is 5.82 Å². The van der Waals surface area contributed by atoms with Crippen LogP contribution >= 0.6 is 11.8 Å². The summed E-state index contributed by atoms with van der Waals surface area (Å²) in [6.07, 6.45) is 0. The number of halogens is 1. The molecule has 0 saturated carbocycles. The van der Waals surface area contributed by atoms with Gasteiger partial charge in [0.2, 0.25) is 0 Å². The van der Waals surface area contributed by atoms with Crippen LogP contribution in [0.2, 0.25) is 0 Å². The van der Waals surface area contributed by atoms with Crippen molar-refractivity contribution >= 4 is 11.8 Å². The maximum atomic E-state index is 13.6. The number of benzene rings is 2. The Bertz CT molecular complexity index is 552. The molecular formula is C16H18FNS. The van der Waals surface area contributed by atoms with E-state index in [-0.39, 0.29) is 11.9 Å². The van der Waals surface area contributed by atoms with Crippen LogP contribution in [-0.2, 0) is 5.75 Å². The van der Waals surface area contributed by atoms with E-state index in [9.17, 15) is 4.39 Å². The second-order valence-corrected chi connectivity index (χ2v) is 5.72. The first-order valence-electron chi connectivity index (χ1n) is 6.30. The molecule has 3 heteroatoms. The monoisotopic (exact) mass is 275 g/mol. The van der Waals surface area contributed by atoms with Gasteiger partial charge in [0.05, 0.1) is 0 Å². The lowest BCUT2D eigenvalue weighted by Gasteiger charge is -2.14. The van der Waals surface area contributed by atoms with Crippen LogP contribution in [0.4, 0.5) is 4.39 Å². The Balaban J connectivity index is 2.22. The third kappa shape index (κ3) is 3.58. The number of thioether (sulfide) groups is 1. The smallest absolute Gasteiger partial charge is 0.126 e. The van der Waals surface area contributed by atoms with E-state index in [2.05, 4.69) is 12.1 Å². The van der Waals surface area contributed by atoms with Crippen molar-refractivity contribution < 1.29 is 4.39 Å². The third-order valence-corrected chi connectivity index (χ3v) is 4.16. The van der Waals surface area contributed by atoms with Crippen molar-refractivity contribution in [3.05, 3.63) is 65.0 Å². The summed E-state index contributed by atoms with van der Waals surface area (Å²) in [7, 11) is 0.